The van der Waals surface area contributed by atoms with Gasteiger partial charge in [-0.15, -0.1) is 0 Å². The third kappa shape index (κ3) is 3.46. The molecule has 0 aliphatic heterocycles. The summed E-state index contributed by atoms with van der Waals surface area (Å²) in [4.78, 5) is 3.60. The van der Waals surface area contributed by atoms with Crippen molar-refractivity contribution >= 4 is 0 Å². The van der Waals surface area contributed by atoms with E-state index in [1.165, 1.54) is 19.4 Å². The molecule has 128 valence electrons. The molecule has 0 fully saturated rings. The van der Waals surface area contributed by atoms with Crippen molar-refractivity contribution < 1.29 is 18.3 Å². The Labute approximate surface area is 139 Å². The van der Waals surface area contributed by atoms with Crippen LogP contribution < -0.4 is 0 Å². The summed E-state index contributed by atoms with van der Waals surface area (Å²) < 4.78 is 41.2. The second-order valence-electron chi connectivity index (χ2n) is 6.65. The van der Waals surface area contributed by atoms with Gasteiger partial charge in [0.15, 0.2) is 5.82 Å². The molecule has 1 unspecified atom stereocenters. The predicted octanol–water partition coefficient (Wildman–Crippen LogP) is 3.52. The first-order valence-corrected chi connectivity index (χ1v) is 7.36. The van der Waals surface area contributed by atoms with Gasteiger partial charge in [0.05, 0.1) is 0 Å². The van der Waals surface area contributed by atoms with Gasteiger partial charge >= 0.3 is 6.18 Å². The van der Waals surface area contributed by atoms with Gasteiger partial charge < -0.3 is 9.67 Å². The molecular weight excluding hydrogens is 317 g/mol. The Morgan fingerprint density at radius 1 is 1.08 bits per heavy atom. The van der Waals surface area contributed by atoms with Crippen LogP contribution in [0.4, 0.5) is 13.2 Å². The number of rotatable bonds is 1. The van der Waals surface area contributed by atoms with E-state index in [4.69, 9.17) is 0 Å². The quantitative estimate of drug-likeness (QED) is 0.809. The first-order chi connectivity index (χ1) is 10.9. The summed E-state index contributed by atoms with van der Waals surface area (Å²) in [5, 5.41) is 10.2. The van der Waals surface area contributed by atoms with Crippen LogP contribution in [0.3, 0.4) is 0 Å². The van der Waals surface area contributed by atoms with Crippen molar-refractivity contribution in [3.05, 3.63) is 53.6 Å². The van der Waals surface area contributed by atoms with Crippen LogP contribution in [-0.4, -0.2) is 20.8 Å². The molecule has 3 nitrogen and oxygen atoms in total. The molecule has 24 heavy (non-hydrogen) atoms. The van der Waals surface area contributed by atoms with Crippen molar-refractivity contribution in [1.82, 2.24) is 9.55 Å². The molecule has 0 aliphatic carbocycles. The number of hydrogen-bond donors (Lipinski definition) is 1. The average molecular weight is 336 g/mol. The van der Waals surface area contributed by atoms with Crippen LogP contribution in [0.1, 0.15) is 37.7 Å². The Morgan fingerprint density at radius 3 is 2.08 bits per heavy atom. The zero-order valence-corrected chi connectivity index (χ0v) is 13.9. The third-order valence-electron chi connectivity index (χ3n) is 3.69. The van der Waals surface area contributed by atoms with Crippen molar-refractivity contribution in [2.45, 2.75) is 38.0 Å². The second-order valence-corrected chi connectivity index (χ2v) is 6.65. The molecule has 0 spiro atoms. The Balaban J connectivity index is 2.43. The van der Waals surface area contributed by atoms with Crippen LogP contribution in [-0.2, 0) is 18.1 Å². The number of halogens is 3. The van der Waals surface area contributed by atoms with Crippen LogP contribution in [0, 0.1) is 11.8 Å². The van der Waals surface area contributed by atoms with E-state index in [2.05, 4.69) is 10.9 Å². The summed E-state index contributed by atoms with van der Waals surface area (Å²) in [5.41, 5.74) is -1.96. The molecule has 0 amide bonds. The maximum absolute atomic E-state index is 13.4. The minimum Gasteiger partial charge on any atom is -0.364 e. The summed E-state index contributed by atoms with van der Waals surface area (Å²) in [7, 11) is 1.37. The van der Waals surface area contributed by atoms with E-state index in [1.54, 1.807) is 12.1 Å². The minimum atomic E-state index is -4.97. The van der Waals surface area contributed by atoms with Crippen LogP contribution in [0.5, 0.6) is 0 Å². The van der Waals surface area contributed by atoms with Gasteiger partial charge in [0.2, 0.25) is 0 Å². The molecule has 0 aliphatic rings. The number of hydrogen-bond acceptors (Lipinski definition) is 2. The SMILES string of the molecule is Cn1ccnc1C(O)(C#Cc1ccc(C(C)(C)C)cc1)C(F)(F)F. The molecule has 0 bridgehead atoms. The Hall–Kier alpha value is -2.26. The summed E-state index contributed by atoms with van der Waals surface area (Å²) in [6.07, 6.45) is -2.46. The first kappa shape index (κ1) is 18.1. The van der Waals surface area contributed by atoms with E-state index in [0.29, 0.717) is 5.56 Å². The number of aliphatic hydroxyl groups is 1. The lowest BCUT2D eigenvalue weighted by Gasteiger charge is -2.24. The van der Waals surface area contributed by atoms with Crippen molar-refractivity contribution in [2.24, 2.45) is 7.05 Å². The number of aryl methyl sites for hydroxylation is 1. The number of benzene rings is 1. The lowest BCUT2D eigenvalue weighted by Crippen LogP contribution is -2.43. The molecule has 1 atom stereocenters. The highest BCUT2D eigenvalue weighted by Crippen LogP contribution is 2.37. The largest absolute Gasteiger partial charge is 0.436 e. The van der Waals surface area contributed by atoms with E-state index in [0.717, 1.165) is 10.1 Å². The number of aromatic nitrogens is 2. The molecule has 0 saturated carbocycles. The standard InChI is InChI=1S/C18H19F3N2O/c1-16(2,3)14-7-5-13(6-8-14)9-10-17(24,18(19,20)21)15-22-11-12-23(15)4/h5-8,11-12,24H,1-4H3. The third-order valence-corrected chi connectivity index (χ3v) is 3.69. The van der Waals surface area contributed by atoms with E-state index < -0.39 is 17.6 Å². The molecule has 0 saturated heterocycles. The number of alkyl halides is 3. The monoisotopic (exact) mass is 336 g/mol. The molecule has 6 heteroatoms. The molecule has 1 heterocycles. The Morgan fingerprint density at radius 2 is 1.67 bits per heavy atom. The summed E-state index contributed by atoms with van der Waals surface area (Å²) in [6.45, 7) is 6.12. The van der Waals surface area contributed by atoms with Crippen LogP contribution in [0.2, 0.25) is 0 Å². The predicted molar refractivity (Wildman–Crippen MR) is 85.2 cm³/mol. The maximum atomic E-state index is 13.4. The van der Waals surface area contributed by atoms with Crippen LogP contribution in [0.25, 0.3) is 0 Å². The molecule has 2 rings (SSSR count). The zero-order chi connectivity index (χ0) is 18.2. The van der Waals surface area contributed by atoms with E-state index >= 15 is 0 Å². The number of nitrogens with zero attached hydrogens (tertiary/aromatic N) is 2. The maximum Gasteiger partial charge on any atom is 0.436 e. The fourth-order valence-electron chi connectivity index (χ4n) is 2.18. The Bertz CT molecular complexity index is 774. The molecular formula is C18H19F3N2O. The highest BCUT2D eigenvalue weighted by molar-refractivity contribution is 5.41. The van der Waals surface area contributed by atoms with Gasteiger partial charge in [0.25, 0.3) is 5.60 Å². The average Bonchev–Trinajstić information content (AvgIpc) is 2.89. The smallest absolute Gasteiger partial charge is 0.364 e. The molecule has 1 N–H and O–H groups in total. The van der Waals surface area contributed by atoms with Gasteiger partial charge in [-0.2, -0.15) is 13.2 Å². The highest BCUT2D eigenvalue weighted by Gasteiger charge is 2.57. The normalized spacial score (nSPS) is 14.7. The summed E-state index contributed by atoms with van der Waals surface area (Å²) in [5.74, 6) is 3.80. The fraction of sp³-hybridized carbons (Fsp3) is 0.389. The lowest BCUT2D eigenvalue weighted by atomic mass is 9.87. The molecule has 2 aromatic rings. The minimum absolute atomic E-state index is 0.0639. The van der Waals surface area contributed by atoms with Gasteiger partial charge in [-0.1, -0.05) is 38.8 Å². The van der Waals surface area contributed by atoms with Crippen LogP contribution >= 0.6 is 0 Å². The second kappa shape index (κ2) is 5.99. The van der Waals surface area contributed by atoms with Crippen LogP contribution in [0.15, 0.2) is 36.7 Å². The van der Waals surface area contributed by atoms with E-state index in [9.17, 15) is 18.3 Å². The van der Waals surface area contributed by atoms with E-state index in [-0.39, 0.29) is 5.41 Å². The highest BCUT2D eigenvalue weighted by atomic mass is 19.4. The number of imidazole rings is 1. The summed E-state index contributed by atoms with van der Waals surface area (Å²) in [6, 6.07) is 6.92. The van der Waals surface area contributed by atoms with E-state index in [1.807, 2.05) is 38.8 Å². The topological polar surface area (TPSA) is 38.0 Å². The van der Waals surface area contributed by atoms with Crippen molar-refractivity contribution in [3.63, 3.8) is 0 Å². The van der Waals surface area contributed by atoms with Crippen molar-refractivity contribution in [1.29, 1.82) is 0 Å². The Kier molecular flexibility index (Phi) is 4.51. The van der Waals surface area contributed by atoms with Gasteiger partial charge in [0, 0.05) is 25.0 Å². The van der Waals surface area contributed by atoms with Gasteiger partial charge in [-0.05, 0) is 29.0 Å². The van der Waals surface area contributed by atoms with Gasteiger partial charge in [-0.3, -0.25) is 0 Å². The molecule has 0 radical (unpaired) electrons. The summed E-state index contributed by atoms with van der Waals surface area (Å²) >= 11 is 0. The van der Waals surface area contributed by atoms with Gasteiger partial charge in [0.1, 0.15) is 0 Å². The van der Waals surface area contributed by atoms with Crippen molar-refractivity contribution in [2.75, 3.05) is 0 Å². The van der Waals surface area contributed by atoms with Gasteiger partial charge in [-0.25, -0.2) is 4.98 Å². The molecule has 1 aromatic heterocycles. The first-order valence-electron chi connectivity index (χ1n) is 7.36. The zero-order valence-electron chi connectivity index (χ0n) is 13.9. The lowest BCUT2D eigenvalue weighted by molar-refractivity contribution is -0.244. The fourth-order valence-corrected chi connectivity index (χ4v) is 2.18. The molecule has 1 aromatic carbocycles. The van der Waals surface area contributed by atoms with Crippen molar-refractivity contribution in [3.8, 4) is 11.8 Å².